The minimum atomic E-state index is -5.60. The van der Waals surface area contributed by atoms with Crippen molar-refractivity contribution < 1.29 is 35.9 Å². The Labute approximate surface area is 189 Å². The van der Waals surface area contributed by atoms with Gasteiger partial charge in [0.25, 0.3) is 6.10 Å². The topological polar surface area (TPSA) is 55.0 Å². The number of ether oxygens (including phenoxy) is 1. The number of nitrogens with one attached hydrogen (secondary N) is 1. The quantitative estimate of drug-likeness (QED) is 0.249. The number of Topliss-reactive ketones (excluding diaryl/α,β-unsaturated/α-hetero) is 1. The summed E-state index contributed by atoms with van der Waals surface area (Å²) in [7, 11) is 0. The largest absolute Gasteiger partial charge is 0.471 e. The van der Waals surface area contributed by atoms with Gasteiger partial charge in [-0.25, -0.2) is 4.98 Å². The van der Waals surface area contributed by atoms with E-state index in [1.54, 1.807) is 24.3 Å². The van der Waals surface area contributed by atoms with E-state index in [0.29, 0.717) is 28.0 Å². The first kappa shape index (κ1) is 23.3. The van der Waals surface area contributed by atoms with Crippen LogP contribution in [0, 0.1) is 0 Å². The van der Waals surface area contributed by atoms with Crippen molar-refractivity contribution in [2.75, 3.05) is 0 Å². The van der Waals surface area contributed by atoms with Gasteiger partial charge in [-0.2, -0.15) is 26.3 Å². The maximum absolute atomic E-state index is 12.7. The number of nitrogens with zero attached hydrogens (tertiary/aromatic N) is 1. The number of carbonyl (C=O) groups excluding carboxylic acids is 1. The van der Waals surface area contributed by atoms with Crippen molar-refractivity contribution in [2.45, 2.75) is 25.4 Å². The van der Waals surface area contributed by atoms with Crippen LogP contribution >= 0.6 is 0 Å². The number of benzene rings is 3. The second-order valence-corrected chi connectivity index (χ2v) is 7.52. The van der Waals surface area contributed by atoms with Crippen LogP contribution in [0.3, 0.4) is 0 Å². The molecule has 1 N–H and O–H groups in total. The van der Waals surface area contributed by atoms with Crippen molar-refractivity contribution in [3.63, 3.8) is 0 Å². The highest BCUT2D eigenvalue weighted by Crippen LogP contribution is 2.37. The fourth-order valence-electron chi connectivity index (χ4n) is 3.50. The molecule has 1 aromatic heterocycles. The molecule has 4 nitrogen and oxygen atoms in total. The second-order valence-electron chi connectivity index (χ2n) is 7.52. The van der Waals surface area contributed by atoms with E-state index >= 15 is 0 Å². The molecule has 0 spiro atoms. The third-order valence-electron chi connectivity index (χ3n) is 5.08. The van der Waals surface area contributed by atoms with Gasteiger partial charge < -0.3 is 9.72 Å². The maximum Gasteiger partial charge on any atom is 0.434 e. The molecule has 4 rings (SSSR count). The van der Waals surface area contributed by atoms with E-state index in [4.69, 9.17) is 0 Å². The first-order chi connectivity index (χ1) is 15.9. The molecule has 0 bridgehead atoms. The highest BCUT2D eigenvalue weighted by atomic mass is 19.4. The molecule has 10 heteroatoms. The van der Waals surface area contributed by atoms with E-state index in [1.165, 1.54) is 19.1 Å². The highest BCUT2D eigenvalue weighted by Gasteiger charge is 2.59. The summed E-state index contributed by atoms with van der Waals surface area (Å²) in [5, 5.41) is 0. The summed E-state index contributed by atoms with van der Waals surface area (Å²) in [6, 6.07) is 17.1. The lowest BCUT2D eigenvalue weighted by molar-refractivity contribution is -0.299. The van der Waals surface area contributed by atoms with E-state index in [2.05, 4.69) is 14.7 Å². The number of halogens is 6. The summed E-state index contributed by atoms with van der Waals surface area (Å²) in [4.78, 5) is 19.4. The first-order valence-electron chi connectivity index (χ1n) is 9.94. The van der Waals surface area contributed by atoms with Gasteiger partial charge in [-0.3, -0.25) is 4.79 Å². The highest BCUT2D eigenvalue weighted by molar-refractivity contribution is 6.01. The molecule has 0 aliphatic carbocycles. The molecule has 0 saturated heterocycles. The Balaban J connectivity index is 1.62. The second kappa shape index (κ2) is 8.51. The van der Waals surface area contributed by atoms with Gasteiger partial charge in [0.15, 0.2) is 5.78 Å². The van der Waals surface area contributed by atoms with Gasteiger partial charge in [-0.05, 0) is 54.4 Å². The average Bonchev–Trinajstić information content (AvgIpc) is 3.19. The standard InChI is InChI=1S/C24H16F6N2O2/c1-13(33)17-4-2-3-5-18(17)15-8-11-19-20(12-15)32-21(31-19)14-6-9-16(10-7-14)34-22(23(25,26)27)24(28,29)30/h2-12,22H,1H3,(H,31,32). The minimum absolute atomic E-state index is 0.0819. The van der Waals surface area contributed by atoms with E-state index in [-0.39, 0.29) is 5.78 Å². The Hall–Kier alpha value is -3.82. The van der Waals surface area contributed by atoms with Gasteiger partial charge in [-0.15, -0.1) is 0 Å². The Kier molecular flexibility index (Phi) is 5.84. The molecule has 3 aromatic carbocycles. The molecule has 0 fully saturated rings. The zero-order valence-corrected chi connectivity index (χ0v) is 17.5. The Morgan fingerprint density at radius 1 is 0.882 bits per heavy atom. The summed E-state index contributed by atoms with van der Waals surface area (Å²) in [5.74, 6) is -0.300. The molecular formula is C24H16F6N2O2. The Morgan fingerprint density at radius 3 is 2.12 bits per heavy atom. The number of alkyl halides is 6. The van der Waals surface area contributed by atoms with Crippen LogP contribution in [0.4, 0.5) is 26.3 Å². The number of imidazole rings is 1. The van der Waals surface area contributed by atoms with Crippen LogP contribution in [0.2, 0.25) is 0 Å². The van der Waals surface area contributed by atoms with Crippen molar-refractivity contribution in [1.82, 2.24) is 9.97 Å². The molecule has 0 unspecified atom stereocenters. The minimum Gasteiger partial charge on any atom is -0.471 e. The van der Waals surface area contributed by atoms with Gasteiger partial charge in [0.2, 0.25) is 0 Å². The molecule has 0 aliphatic rings. The molecule has 1 heterocycles. The monoisotopic (exact) mass is 478 g/mol. The number of ketones is 1. The molecule has 0 amide bonds. The normalized spacial score (nSPS) is 12.4. The Morgan fingerprint density at radius 2 is 1.50 bits per heavy atom. The molecule has 4 aromatic rings. The van der Waals surface area contributed by atoms with Gasteiger partial charge in [0.05, 0.1) is 11.0 Å². The zero-order chi connectivity index (χ0) is 24.7. The van der Waals surface area contributed by atoms with Crippen LogP contribution < -0.4 is 4.74 Å². The van der Waals surface area contributed by atoms with Crippen LogP contribution in [0.1, 0.15) is 17.3 Å². The SMILES string of the molecule is CC(=O)c1ccccc1-c1ccc2nc(-c3ccc(OC(C(F)(F)F)C(F)(F)F)cc3)[nH]c2c1. The summed E-state index contributed by atoms with van der Waals surface area (Å²) < 4.78 is 80.4. The van der Waals surface area contributed by atoms with Gasteiger partial charge in [-0.1, -0.05) is 30.3 Å². The number of carbonyl (C=O) groups is 1. The van der Waals surface area contributed by atoms with Crippen LogP contribution in [-0.2, 0) is 0 Å². The lowest BCUT2D eigenvalue weighted by Crippen LogP contribution is -2.46. The molecule has 34 heavy (non-hydrogen) atoms. The van der Waals surface area contributed by atoms with Crippen molar-refractivity contribution in [2.24, 2.45) is 0 Å². The molecular weight excluding hydrogens is 462 g/mol. The van der Waals surface area contributed by atoms with Gasteiger partial charge >= 0.3 is 12.4 Å². The lowest BCUT2D eigenvalue weighted by atomic mass is 9.97. The average molecular weight is 478 g/mol. The maximum atomic E-state index is 12.7. The lowest BCUT2D eigenvalue weighted by Gasteiger charge is -2.23. The van der Waals surface area contributed by atoms with E-state index in [1.807, 2.05) is 18.2 Å². The summed E-state index contributed by atoms with van der Waals surface area (Å²) in [5.41, 5.74) is 3.76. The number of hydrogen-bond acceptors (Lipinski definition) is 3. The molecule has 176 valence electrons. The summed E-state index contributed by atoms with van der Waals surface area (Å²) >= 11 is 0. The molecule has 0 aliphatic heterocycles. The van der Waals surface area contributed by atoms with Crippen molar-refractivity contribution >= 4 is 16.8 Å². The number of rotatable bonds is 5. The molecule has 0 atom stereocenters. The smallest absolute Gasteiger partial charge is 0.434 e. The third kappa shape index (κ3) is 4.75. The number of H-pyrrole nitrogens is 1. The molecule has 0 radical (unpaired) electrons. The van der Waals surface area contributed by atoms with Crippen LogP contribution in [0.5, 0.6) is 5.75 Å². The number of fused-ring (bicyclic) bond motifs is 1. The van der Waals surface area contributed by atoms with Gasteiger partial charge in [0, 0.05) is 11.1 Å². The van der Waals surface area contributed by atoms with E-state index < -0.39 is 24.2 Å². The predicted molar refractivity (Wildman–Crippen MR) is 113 cm³/mol. The number of aromatic amines is 1. The van der Waals surface area contributed by atoms with Gasteiger partial charge in [0.1, 0.15) is 11.6 Å². The summed E-state index contributed by atoms with van der Waals surface area (Å²) in [6.45, 7) is 1.48. The predicted octanol–water partition coefficient (Wildman–Crippen LogP) is 6.97. The first-order valence-corrected chi connectivity index (χ1v) is 9.94. The number of aromatic nitrogens is 2. The fourth-order valence-corrected chi connectivity index (χ4v) is 3.50. The van der Waals surface area contributed by atoms with Crippen molar-refractivity contribution in [1.29, 1.82) is 0 Å². The summed E-state index contributed by atoms with van der Waals surface area (Å²) in [6.07, 6.45) is -15.1. The molecule has 0 saturated carbocycles. The fraction of sp³-hybridized carbons (Fsp3) is 0.167. The van der Waals surface area contributed by atoms with Crippen molar-refractivity contribution in [3.8, 4) is 28.3 Å². The van der Waals surface area contributed by atoms with Crippen LogP contribution in [0.25, 0.3) is 33.5 Å². The zero-order valence-electron chi connectivity index (χ0n) is 17.5. The Bertz CT molecular complexity index is 1330. The number of hydrogen-bond donors (Lipinski definition) is 1. The van der Waals surface area contributed by atoms with Crippen molar-refractivity contribution in [3.05, 3.63) is 72.3 Å². The van der Waals surface area contributed by atoms with E-state index in [0.717, 1.165) is 23.3 Å². The van der Waals surface area contributed by atoms with E-state index in [9.17, 15) is 31.1 Å². The van der Waals surface area contributed by atoms with Crippen LogP contribution in [-0.4, -0.2) is 34.2 Å². The van der Waals surface area contributed by atoms with Crippen LogP contribution in [0.15, 0.2) is 66.7 Å². The third-order valence-corrected chi connectivity index (χ3v) is 5.08.